The highest BCUT2D eigenvalue weighted by Gasteiger charge is 2.72. The third kappa shape index (κ3) is 21.9. The van der Waals surface area contributed by atoms with E-state index in [9.17, 15) is 76.4 Å². The molecule has 10 N–H and O–H groups in total. The molecule has 9 aromatic rings. The Bertz CT molecular complexity index is 6450. The van der Waals surface area contributed by atoms with Gasteiger partial charge in [-0.2, -0.15) is 0 Å². The van der Waals surface area contributed by atoms with E-state index in [1.165, 1.54) is 47.5 Å². The molecule has 5 heterocycles. The van der Waals surface area contributed by atoms with Gasteiger partial charge < -0.3 is 95.1 Å². The van der Waals surface area contributed by atoms with Crippen LogP contribution in [0.5, 0.6) is 40.2 Å². The quantitative estimate of drug-likeness (QED) is 0.0193. The van der Waals surface area contributed by atoms with Gasteiger partial charge in [0.15, 0.2) is 56.3 Å². The number of hydrogen-bond acceptors (Lipinski definition) is 22. The lowest BCUT2D eigenvalue weighted by Gasteiger charge is -2.70. The number of aryl methyl sites for hydroxylation is 4. The van der Waals surface area contributed by atoms with Crippen molar-refractivity contribution in [3.63, 3.8) is 0 Å². The van der Waals surface area contributed by atoms with Crippen molar-refractivity contribution in [2.45, 2.75) is 213 Å². The van der Waals surface area contributed by atoms with Gasteiger partial charge in [0, 0.05) is 127 Å². The van der Waals surface area contributed by atoms with Gasteiger partial charge in [0.25, 0.3) is 35.4 Å². The minimum atomic E-state index is -0.945. The molecule has 143 heavy (non-hydrogen) atoms. The number of aliphatic hydroxyl groups is 2. The van der Waals surface area contributed by atoms with Crippen molar-refractivity contribution < 1.29 is 114 Å². The summed E-state index contributed by atoms with van der Waals surface area (Å²) in [5, 5.41) is 56.4. The highest BCUT2D eigenvalue weighted by molar-refractivity contribution is 6.32. The fraction of sp³-hybridized carbons (Fsp3) is 0.419. The van der Waals surface area contributed by atoms with E-state index in [0.29, 0.717) is 179 Å². The fourth-order valence-corrected chi connectivity index (χ4v) is 23.6. The number of nitrogens with zero attached hydrogens (tertiary/aromatic N) is 3. The molecular weight excluding hydrogens is 1940 g/mol. The van der Waals surface area contributed by atoms with Crippen molar-refractivity contribution >= 4 is 111 Å². The number of ether oxygens (including phenoxy) is 7. The second kappa shape index (κ2) is 40.1. The number of Topliss-reactive ketones (excluding diaryl/α,β-unsaturated/α-hetero) is 2. The average Bonchev–Trinajstić information content (AvgIpc) is 0.794. The number of benzene rings is 8. The van der Waals surface area contributed by atoms with Crippen LogP contribution in [0.3, 0.4) is 0 Å². The first-order valence-corrected chi connectivity index (χ1v) is 48.9. The van der Waals surface area contributed by atoms with Gasteiger partial charge in [-0.15, -0.1) is 0 Å². The van der Waals surface area contributed by atoms with Crippen LogP contribution >= 0.6 is 46.4 Å². The zero-order chi connectivity index (χ0) is 101. The van der Waals surface area contributed by atoms with Crippen LogP contribution < -0.4 is 75.3 Å². The maximum atomic E-state index is 13.7. The van der Waals surface area contributed by atoms with Crippen LogP contribution in [-0.2, 0) is 44.8 Å². The van der Waals surface area contributed by atoms with Crippen molar-refractivity contribution in [3.8, 4) is 40.2 Å². The lowest BCUT2D eigenvalue weighted by molar-refractivity contribution is -0.177. The van der Waals surface area contributed by atoms with E-state index in [1.807, 2.05) is 44.2 Å². The van der Waals surface area contributed by atoms with Crippen molar-refractivity contribution in [2.75, 3.05) is 57.6 Å². The molecule has 12 aliphatic carbocycles. The average molecular weight is 2040 g/mol. The maximum absolute atomic E-state index is 13.7. The van der Waals surface area contributed by atoms with E-state index in [-0.39, 0.29) is 162 Å². The zero-order valence-corrected chi connectivity index (χ0v) is 81.6. The Balaban J connectivity index is 0.000000126. The molecule has 25 rings (SSSR count). The van der Waals surface area contributed by atoms with Gasteiger partial charge in [-0.3, -0.25) is 48.1 Å². The topological polar surface area (TPSA) is 413 Å². The maximum Gasteiger partial charge on any atom is 0.318 e. The Hall–Kier alpha value is -12.7. The number of carbonyl (C=O) groups excluding carboxylic acids is 9. The summed E-state index contributed by atoms with van der Waals surface area (Å²) in [4.78, 5) is 130. The van der Waals surface area contributed by atoms with Gasteiger partial charge >= 0.3 is 12.0 Å². The van der Waals surface area contributed by atoms with Gasteiger partial charge in [0.1, 0.15) is 57.7 Å². The van der Waals surface area contributed by atoms with Crippen molar-refractivity contribution in [2.24, 2.45) is 10.8 Å². The number of carbonyl (C=O) groups is 10. The summed E-state index contributed by atoms with van der Waals surface area (Å²) >= 11 is 24.4. The second-order valence-electron chi connectivity index (χ2n) is 40.6. The number of aromatic nitrogens is 1. The second-order valence-corrected chi connectivity index (χ2v) is 42.2. The number of amides is 8. The number of ketones is 2. The predicted octanol–water partition coefficient (Wildman–Crippen LogP) is 14.5. The molecule has 4 aliphatic heterocycles. The minimum Gasteiger partial charge on any atom is -0.484 e. The monoisotopic (exact) mass is 2040 g/mol. The van der Waals surface area contributed by atoms with Crippen molar-refractivity contribution in [3.05, 3.63) is 252 Å². The summed E-state index contributed by atoms with van der Waals surface area (Å²) in [6.45, 7) is 7.31. The SMILES string of the molecule is Cc1cc(OCC(=O)NC23CC(NC(=O)C4CN(C(=O)c5ccno5)c5cc(Cl)ccc5O4)(C2)C3)ccc1Cl.Cc1cc(OCC(=O)NC23CC(NC(=O)N4CCc5ccccc5C4CC(=O)O)(C2)C3)ccc1Cl.Cc1ccc(OCC(=O)NC23CC(CC(=O)C4CC(O)c5cc(F)ccc5O4)(C2)C3)cc1F.Cc1ccc(OCC(=O)NC23CC(CC(=O)[C@H]4C[C@H](NCCO)c5cc(Cl)ccc5O4)(C2)C3)cc1F. The third-order valence-corrected chi connectivity index (χ3v) is 30.5. The number of halogens is 7. The molecule has 8 amide bonds. The Morgan fingerprint density at radius 2 is 0.944 bits per heavy atom. The van der Waals surface area contributed by atoms with Crippen LogP contribution in [0.15, 0.2) is 168 Å². The van der Waals surface area contributed by atoms with E-state index in [4.69, 9.17) is 84.1 Å². The Morgan fingerprint density at radius 3 is 1.45 bits per heavy atom. The van der Waals surface area contributed by atoms with Gasteiger partial charge in [0.2, 0.25) is 5.76 Å². The summed E-state index contributed by atoms with van der Waals surface area (Å²) in [7, 11) is 0. The Kier molecular flexibility index (Phi) is 28.2. The molecular formula is C105H107Cl4F3N10O21. The summed E-state index contributed by atoms with van der Waals surface area (Å²) in [5.74, 6) is -0.817. The van der Waals surface area contributed by atoms with E-state index in [2.05, 4.69) is 42.4 Å². The molecule has 31 nitrogen and oxygen atoms in total. The standard InChI is InChI=1S/C27H24Cl2N4O6.C27H30ClFN2O5.C26H28ClN3O5.C25H25F2NO5/c1-15-8-17(3-4-18(15)29)37-11-23(34)31-26-12-27(13-26,14-26)32-24(35)22-10-33(25(36)21-6-7-30-39-21)19-9-16(28)2-5-20(19)38-22;1-16-2-4-18(9-20(16)29)35-12-25(34)31-27-13-26(14-27,15-27)11-22(33)24-10-21(30-6-7-32)19-8-17(28)3-5-23(19)36-24;1-16-10-18(6-7-20(16)27)35-12-22(31)28-25-13-26(14-25,15-25)29-24(34)30-9-8-17-4-2-3-5-19(17)21(30)11-23(32)33;1-14-2-4-16(7-18(14)27)32-10-23(31)28-25-11-24(12-25,13-25)9-20(30)22-8-19(29)17-6-15(26)3-5-21(17)33-22/h2-9,22H,10-14H2,1H3,(H,31,34)(H,32,35);2-5,8-9,21,24,30,32H,6-7,10-15H2,1H3,(H,31,34);2-7,10,21H,8-9,11-15H2,1H3,(H,28,31)(H,29,34)(H,32,33);2-7,19,22,29H,8-13H2,1H3,(H,28,31)/t;21-,24+,26?,27?;;/m.0../s1. The number of aliphatic carboxylic acids is 1. The largest absolute Gasteiger partial charge is 0.484 e. The van der Waals surface area contributed by atoms with Crippen molar-refractivity contribution in [1.29, 1.82) is 0 Å². The Labute approximate surface area is 840 Å². The first-order valence-electron chi connectivity index (χ1n) is 47.4. The number of hydrogen-bond donors (Lipinski definition) is 10. The first-order chi connectivity index (χ1) is 68.2. The van der Waals surface area contributed by atoms with Gasteiger partial charge in [-0.1, -0.05) is 88.0 Å². The van der Waals surface area contributed by atoms with Gasteiger partial charge in [-0.25, -0.2) is 18.0 Å². The van der Waals surface area contributed by atoms with Gasteiger partial charge in [-0.05, 0) is 259 Å². The lowest BCUT2D eigenvalue weighted by Crippen LogP contribution is -2.84. The molecule has 0 radical (unpaired) electrons. The molecule has 38 heteroatoms. The molecule has 0 spiro atoms. The van der Waals surface area contributed by atoms with Crippen molar-refractivity contribution in [1.82, 2.24) is 47.3 Å². The number of rotatable bonds is 31. The smallest absolute Gasteiger partial charge is 0.318 e. The number of urea groups is 1. The molecule has 8 bridgehead atoms. The summed E-state index contributed by atoms with van der Waals surface area (Å²) < 4.78 is 85.4. The molecule has 0 saturated heterocycles. The molecule has 6 atom stereocenters. The molecule has 16 aliphatic rings. The predicted molar refractivity (Wildman–Crippen MR) is 516 cm³/mol. The lowest BCUT2D eigenvalue weighted by atomic mass is 9.38. The first kappa shape index (κ1) is 100. The van der Waals surface area contributed by atoms with E-state index in [0.717, 1.165) is 47.1 Å². The zero-order valence-electron chi connectivity index (χ0n) is 78.6. The number of carboxylic acid groups (broad SMARTS) is 1. The van der Waals surface area contributed by atoms with Crippen LogP contribution in [0.1, 0.15) is 182 Å². The number of nitrogens with one attached hydrogen (secondary N) is 7. The molecule has 1 aromatic heterocycles. The highest BCUT2D eigenvalue weighted by Crippen LogP contribution is 2.71. The summed E-state index contributed by atoms with van der Waals surface area (Å²) in [6, 6.07) is 41.9. The van der Waals surface area contributed by atoms with E-state index in [1.54, 1.807) is 110 Å². The van der Waals surface area contributed by atoms with E-state index >= 15 is 0 Å². The highest BCUT2D eigenvalue weighted by atomic mass is 35.5. The van der Waals surface area contributed by atoms with Crippen LogP contribution in [0, 0.1) is 56.0 Å². The fourth-order valence-electron chi connectivity index (χ4n) is 23.0. The number of anilines is 1. The summed E-state index contributed by atoms with van der Waals surface area (Å²) in [5.41, 5.74) is 4.20. The summed E-state index contributed by atoms with van der Waals surface area (Å²) in [6.07, 6.45) is 8.17. The van der Waals surface area contributed by atoms with Crippen LogP contribution in [-0.4, -0.2) is 189 Å². The molecule has 4 unspecified atom stereocenters. The number of carboxylic acids is 1. The molecule has 12 saturated carbocycles. The van der Waals surface area contributed by atoms with Gasteiger partial charge in [0.05, 0.1) is 43.6 Å². The third-order valence-electron chi connectivity index (χ3n) is 29.2. The molecule has 752 valence electrons. The van der Waals surface area contributed by atoms with Crippen LogP contribution in [0.2, 0.25) is 20.1 Å². The Morgan fingerprint density at radius 1 is 0.483 bits per heavy atom. The van der Waals surface area contributed by atoms with Crippen LogP contribution in [0.25, 0.3) is 0 Å². The van der Waals surface area contributed by atoms with Crippen LogP contribution in [0.4, 0.5) is 23.7 Å². The minimum absolute atomic E-state index is 0.00424. The number of fused-ring (bicyclic) bond motifs is 4. The van der Waals surface area contributed by atoms with E-state index < -0.39 is 53.7 Å². The molecule has 8 aromatic carbocycles. The molecule has 12 fully saturated rings. The normalized spacial score (nSPS) is 26.7. The number of aliphatic hydroxyl groups excluding tert-OH is 2.